The minimum Gasteiger partial charge on any atom is -0.497 e. The predicted octanol–water partition coefficient (Wildman–Crippen LogP) is 2.63. The van der Waals surface area contributed by atoms with Gasteiger partial charge in [-0.2, -0.15) is 0 Å². The fraction of sp³-hybridized carbons (Fsp3) is 0.520. The summed E-state index contributed by atoms with van der Waals surface area (Å²) in [6.07, 6.45) is 7.55. The molecule has 2 aliphatic rings. The van der Waals surface area contributed by atoms with Gasteiger partial charge >= 0.3 is 0 Å². The Balaban J connectivity index is 1.31. The number of aromatic nitrogens is 2. The van der Waals surface area contributed by atoms with E-state index < -0.39 is 5.54 Å². The molecule has 0 saturated carbocycles. The molecular weight excluding hydrogens is 437 g/mol. The molecule has 2 N–H and O–H groups in total. The highest BCUT2D eigenvalue weighted by atomic mass is 19.1. The lowest BCUT2D eigenvalue weighted by Gasteiger charge is -2.33. The molecule has 182 valence electrons. The maximum atomic E-state index is 14.4. The van der Waals surface area contributed by atoms with Crippen molar-refractivity contribution in [3.8, 4) is 5.75 Å². The van der Waals surface area contributed by atoms with Gasteiger partial charge in [0.25, 0.3) is 0 Å². The van der Waals surface area contributed by atoms with E-state index >= 15 is 0 Å². The van der Waals surface area contributed by atoms with Crippen LogP contribution < -0.4 is 20.3 Å². The van der Waals surface area contributed by atoms with E-state index in [4.69, 9.17) is 4.74 Å². The third-order valence-corrected chi connectivity index (χ3v) is 6.79. The second kappa shape index (κ2) is 10.8. The first-order valence-electron chi connectivity index (χ1n) is 11.9. The van der Waals surface area contributed by atoms with Gasteiger partial charge in [0.1, 0.15) is 11.6 Å². The molecule has 0 radical (unpaired) electrons. The van der Waals surface area contributed by atoms with E-state index in [0.717, 1.165) is 31.9 Å². The summed E-state index contributed by atoms with van der Waals surface area (Å²) in [5.74, 6) is 1.16. The van der Waals surface area contributed by atoms with E-state index in [9.17, 15) is 14.0 Å². The zero-order valence-corrected chi connectivity index (χ0v) is 19.6. The molecule has 2 aromatic rings. The van der Waals surface area contributed by atoms with Gasteiger partial charge in [-0.1, -0.05) is 0 Å². The maximum Gasteiger partial charge on any atom is 0.225 e. The lowest BCUT2D eigenvalue weighted by molar-refractivity contribution is -0.123. The summed E-state index contributed by atoms with van der Waals surface area (Å²) in [6, 6.07) is 6.40. The van der Waals surface area contributed by atoms with Crippen molar-refractivity contribution in [1.29, 1.82) is 0 Å². The quantitative estimate of drug-likeness (QED) is 0.586. The summed E-state index contributed by atoms with van der Waals surface area (Å²) in [7, 11) is 1.53. The fourth-order valence-electron chi connectivity index (χ4n) is 4.93. The van der Waals surface area contributed by atoms with Crippen LogP contribution >= 0.6 is 0 Å². The van der Waals surface area contributed by atoms with Gasteiger partial charge in [0, 0.05) is 50.4 Å². The van der Waals surface area contributed by atoms with Crippen LogP contribution in [0.3, 0.4) is 0 Å². The van der Waals surface area contributed by atoms with E-state index in [2.05, 4.69) is 25.5 Å². The molecule has 2 saturated heterocycles. The first-order chi connectivity index (χ1) is 16.5. The van der Waals surface area contributed by atoms with Crippen molar-refractivity contribution in [3.05, 3.63) is 48.0 Å². The molecule has 2 unspecified atom stereocenters. The lowest BCUT2D eigenvalue weighted by atomic mass is 9.84. The van der Waals surface area contributed by atoms with Gasteiger partial charge in [-0.15, -0.1) is 0 Å². The first-order valence-corrected chi connectivity index (χ1v) is 11.9. The Kier molecular flexibility index (Phi) is 7.59. The third kappa shape index (κ3) is 6.01. The van der Waals surface area contributed by atoms with Crippen LogP contribution in [-0.2, 0) is 16.0 Å². The van der Waals surface area contributed by atoms with E-state index in [-0.39, 0.29) is 24.1 Å². The third-order valence-electron chi connectivity index (χ3n) is 6.79. The van der Waals surface area contributed by atoms with Gasteiger partial charge in [-0.3, -0.25) is 9.59 Å². The fourth-order valence-corrected chi connectivity index (χ4v) is 4.93. The molecule has 2 aliphatic heterocycles. The summed E-state index contributed by atoms with van der Waals surface area (Å²) < 4.78 is 19.7. The number of hydrogen-bond donors (Lipinski definition) is 2. The smallest absolute Gasteiger partial charge is 0.225 e. The Morgan fingerprint density at radius 3 is 2.91 bits per heavy atom. The Bertz CT molecular complexity index is 1010. The standard InChI is InChI=1S/C25H32FN5O3/c1-34-20-5-6-21(26)19(14-20)15-25(10-8-23(33)30-25)9-7-22(32)29-16-18-4-2-13-31(17-18)24-27-11-3-12-28-24/h3,5-6,11-12,14,18H,2,4,7-10,13,15-17H2,1H3,(H,29,32)(H,30,33). The number of methoxy groups -OCH3 is 1. The van der Waals surface area contributed by atoms with Gasteiger partial charge < -0.3 is 20.3 Å². The second-order valence-electron chi connectivity index (χ2n) is 9.27. The van der Waals surface area contributed by atoms with E-state index in [0.29, 0.717) is 49.5 Å². The minimum absolute atomic E-state index is 0.0558. The van der Waals surface area contributed by atoms with Crippen LogP contribution in [0.2, 0.25) is 0 Å². The Hall–Kier alpha value is -3.23. The summed E-state index contributed by atoms with van der Waals surface area (Å²) in [5.41, 5.74) is -0.152. The lowest BCUT2D eigenvalue weighted by Crippen LogP contribution is -2.45. The SMILES string of the molecule is COc1ccc(F)c(CC2(CCC(=O)NCC3CCCN(c4ncccn4)C3)CCC(=O)N2)c1. The zero-order valence-electron chi connectivity index (χ0n) is 19.6. The molecule has 1 aromatic heterocycles. The second-order valence-corrected chi connectivity index (χ2v) is 9.27. The van der Waals surface area contributed by atoms with Crippen molar-refractivity contribution < 1.29 is 18.7 Å². The molecule has 2 amide bonds. The molecule has 1 aromatic carbocycles. The number of nitrogens with zero attached hydrogens (tertiary/aromatic N) is 3. The summed E-state index contributed by atoms with van der Waals surface area (Å²) in [4.78, 5) is 35.5. The number of ether oxygens (including phenoxy) is 1. The number of benzene rings is 1. The molecule has 2 atom stereocenters. The largest absolute Gasteiger partial charge is 0.497 e. The molecule has 9 heteroatoms. The number of anilines is 1. The average molecular weight is 470 g/mol. The molecule has 0 aliphatic carbocycles. The van der Waals surface area contributed by atoms with Crippen molar-refractivity contribution in [3.63, 3.8) is 0 Å². The van der Waals surface area contributed by atoms with Crippen LogP contribution in [0.4, 0.5) is 10.3 Å². The van der Waals surface area contributed by atoms with E-state index in [1.807, 2.05) is 0 Å². The van der Waals surface area contributed by atoms with Crippen LogP contribution in [-0.4, -0.2) is 54.1 Å². The maximum absolute atomic E-state index is 14.4. The highest BCUT2D eigenvalue weighted by Gasteiger charge is 2.38. The van der Waals surface area contributed by atoms with Crippen LogP contribution in [0.5, 0.6) is 5.75 Å². The molecule has 2 fully saturated rings. The molecule has 8 nitrogen and oxygen atoms in total. The molecule has 34 heavy (non-hydrogen) atoms. The first kappa shape index (κ1) is 23.9. The topological polar surface area (TPSA) is 96.4 Å². The molecular formula is C25H32FN5O3. The highest BCUT2D eigenvalue weighted by molar-refractivity contribution is 5.80. The number of rotatable bonds is 9. The van der Waals surface area contributed by atoms with E-state index in [1.54, 1.807) is 30.6 Å². The van der Waals surface area contributed by atoms with E-state index in [1.165, 1.54) is 13.2 Å². The van der Waals surface area contributed by atoms with Crippen molar-refractivity contribution in [2.24, 2.45) is 5.92 Å². The Morgan fingerprint density at radius 1 is 1.35 bits per heavy atom. The number of hydrogen-bond acceptors (Lipinski definition) is 6. The minimum atomic E-state index is -0.631. The molecule has 3 heterocycles. The molecule has 0 bridgehead atoms. The van der Waals surface area contributed by atoms with Gasteiger partial charge in [-0.25, -0.2) is 14.4 Å². The normalized spacial score (nSPS) is 22.4. The summed E-state index contributed by atoms with van der Waals surface area (Å²) >= 11 is 0. The number of carbonyl (C=O) groups is 2. The summed E-state index contributed by atoms with van der Waals surface area (Å²) in [6.45, 7) is 2.31. The van der Waals surface area contributed by atoms with Gasteiger partial charge in [0.2, 0.25) is 17.8 Å². The molecule has 4 rings (SSSR count). The van der Waals surface area contributed by atoms with Crippen LogP contribution in [0, 0.1) is 11.7 Å². The number of nitrogens with one attached hydrogen (secondary N) is 2. The van der Waals surface area contributed by atoms with Crippen molar-refractivity contribution >= 4 is 17.8 Å². The monoisotopic (exact) mass is 469 g/mol. The predicted molar refractivity (Wildman–Crippen MR) is 126 cm³/mol. The summed E-state index contributed by atoms with van der Waals surface area (Å²) in [5, 5.41) is 6.08. The van der Waals surface area contributed by atoms with Gasteiger partial charge in [-0.05, 0) is 67.9 Å². The molecule has 0 spiro atoms. The zero-order chi connectivity index (χ0) is 24.0. The van der Waals surface area contributed by atoms with Crippen molar-refractivity contribution in [2.45, 2.75) is 50.5 Å². The van der Waals surface area contributed by atoms with Crippen LogP contribution in [0.15, 0.2) is 36.7 Å². The van der Waals surface area contributed by atoms with Crippen LogP contribution in [0.25, 0.3) is 0 Å². The number of amides is 2. The average Bonchev–Trinajstić information content (AvgIpc) is 3.24. The number of halogens is 1. The Morgan fingerprint density at radius 2 is 2.18 bits per heavy atom. The van der Waals surface area contributed by atoms with Crippen molar-refractivity contribution in [1.82, 2.24) is 20.6 Å². The van der Waals surface area contributed by atoms with Gasteiger partial charge in [0.15, 0.2) is 0 Å². The number of piperidine rings is 1. The van der Waals surface area contributed by atoms with Crippen molar-refractivity contribution in [2.75, 3.05) is 31.6 Å². The number of carbonyl (C=O) groups excluding carboxylic acids is 2. The van der Waals surface area contributed by atoms with Crippen LogP contribution in [0.1, 0.15) is 44.1 Å². The van der Waals surface area contributed by atoms with Gasteiger partial charge in [0.05, 0.1) is 7.11 Å². The highest BCUT2D eigenvalue weighted by Crippen LogP contribution is 2.31. The Labute approximate surface area is 199 Å².